The maximum Gasteiger partial charge on any atom is 0.226 e. The van der Waals surface area contributed by atoms with E-state index in [4.69, 9.17) is 0 Å². The maximum absolute atomic E-state index is 13.1. The van der Waals surface area contributed by atoms with Gasteiger partial charge in [0.15, 0.2) is 0 Å². The number of amides is 1. The molecule has 0 bridgehead atoms. The predicted octanol–water partition coefficient (Wildman–Crippen LogP) is 2.77. The van der Waals surface area contributed by atoms with Gasteiger partial charge in [-0.2, -0.15) is 5.10 Å². The third kappa shape index (κ3) is 4.18. The highest BCUT2D eigenvalue weighted by atomic mass is 16.2. The Morgan fingerprint density at radius 3 is 2.62 bits per heavy atom. The van der Waals surface area contributed by atoms with E-state index in [1.54, 1.807) is 0 Å². The zero-order chi connectivity index (χ0) is 16.9. The molecule has 0 N–H and O–H groups in total. The molecule has 1 aromatic rings. The molecule has 3 rings (SSSR count). The molecule has 5 nitrogen and oxygen atoms in total. The fraction of sp³-hybridized carbons (Fsp3) is 0.789. The number of aromatic nitrogens is 2. The molecule has 0 saturated carbocycles. The number of piperidine rings is 2. The molecule has 2 saturated heterocycles. The smallest absolute Gasteiger partial charge is 0.226 e. The lowest BCUT2D eigenvalue weighted by Crippen LogP contribution is -2.49. The summed E-state index contributed by atoms with van der Waals surface area (Å²) in [6.45, 7) is 8.50. The van der Waals surface area contributed by atoms with Crippen molar-refractivity contribution in [1.82, 2.24) is 19.6 Å². The van der Waals surface area contributed by atoms with E-state index in [0.717, 1.165) is 58.3 Å². The molecule has 2 aliphatic heterocycles. The van der Waals surface area contributed by atoms with Crippen LogP contribution in [0.1, 0.15) is 52.4 Å². The van der Waals surface area contributed by atoms with Crippen LogP contribution in [-0.4, -0.2) is 57.2 Å². The van der Waals surface area contributed by atoms with Crippen molar-refractivity contribution < 1.29 is 4.79 Å². The first-order valence-corrected chi connectivity index (χ1v) is 9.67. The second kappa shape index (κ2) is 8.15. The average Bonchev–Trinajstić information content (AvgIpc) is 3.13. The van der Waals surface area contributed by atoms with Gasteiger partial charge in [0.05, 0.1) is 0 Å². The maximum atomic E-state index is 13.1. The van der Waals surface area contributed by atoms with Crippen molar-refractivity contribution in [3.8, 4) is 0 Å². The number of likely N-dealkylation sites (tertiary alicyclic amines) is 2. The Morgan fingerprint density at radius 1 is 1.17 bits per heavy atom. The molecule has 1 aromatic heterocycles. The lowest BCUT2D eigenvalue weighted by atomic mass is 9.91. The molecule has 5 heteroatoms. The van der Waals surface area contributed by atoms with Crippen LogP contribution in [0.4, 0.5) is 0 Å². The number of aryl methyl sites for hydroxylation is 1. The van der Waals surface area contributed by atoms with E-state index in [1.807, 2.05) is 23.1 Å². The number of carbonyl (C=O) groups is 1. The molecule has 134 valence electrons. The van der Waals surface area contributed by atoms with Gasteiger partial charge in [-0.3, -0.25) is 9.48 Å². The summed E-state index contributed by atoms with van der Waals surface area (Å²) in [6, 6.07) is 2.96. The van der Waals surface area contributed by atoms with Gasteiger partial charge in [-0.15, -0.1) is 0 Å². The summed E-state index contributed by atoms with van der Waals surface area (Å²) < 4.78 is 1.98. The van der Waals surface area contributed by atoms with Gasteiger partial charge in [-0.1, -0.05) is 0 Å². The van der Waals surface area contributed by atoms with Crippen molar-refractivity contribution in [2.75, 3.05) is 19.6 Å². The molecule has 24 heavy (non-hydrogen) atoms. The van der Waals surface area contributed by atoms with Crippen molar-refractivity contribution >= 4 is 5.91 Å². The van der Waals surface area contributed by atoms with Crippen LogP contribution in [0.15, 0.2) is 18.5 Å². The summed E-state index contributed by atoms with van der Waals surface area (Å²) >= 11 is 0. The Bertz CT molecular complexity index is 505. The van der Waals surface area contributed by atoms with Crippen LogP contribution in [0, 0.1) is 5.92 Å². The van der Waals surface area contributed by atoms with Crippen LogP contribution >= 0.6 is 0 Å². The van der Waals surface area contributed by atoms with Crippen molar-refractivity contribution in [2.24, 2.45) is 5.92 Å². The van der Waals surface area contributed by atoms with E-state index < -0.39 is 0 Å². The molecule has 0 radical (unpaired) electrons. The second-order valence-electron chi connectivity index (χ2n) is 7.64. The SMILES string of the molecule is CC(C)N1CCC(C(=O)N2CCCCC2CCn2cccn2)CC1. The van der Waals surface area contributed by atoms with Gasteiger partial charge in [0.2, 0.25) is 5.91 Å². The Balaban J connectivity index is 1.55. The molecular weight excluding hydrogens is 300 g/mol. The van der Waals surface area contributed by atoms with Gasteiger partial charge in [-0.05, 0) is 71.5 Å². The fourth-order valence-corrected chi connectivity index (χ4v) is 4.20. The van der Waals surface area contributed by atoms with Crippen LogP contribution < -0.4 is 0 Å². The first-order chi connectivity index (χ1) is 11.6. The molecule has 1 amide bonds. The van der Waals surface area contributed by atoms with Crippen molar-refractivity contribution in [2.45, 2.75) is 71.0 Å². The lowest BCUT2D eigenvalue weighted by molar-refractivity contribution is -0.141. The summed E-state index contributed by atoms with van der Waals surface area (Å²) in [7, 11) is 0. The summed E-state index contributed by atoms with van der Waals surface area (Å²) in [5.41, 5.74) is 0. The van der Waals surface area contributed by atoms with Gasteiger partial charge in [0.25, 0.3) is 0 Å². The number of carbonyl (C=O) groups excluding carboxylic acids is 1. The molecule has 2 aliphatic rings. The van der Waals surface area contributed by atoms with Crippen molar-refractivity contribution in [3.05, 3.63) is 18.5 Å². The van der Waals surface area contributed by atoms with Gasteiger partial charge < -0.3 is 9.80 Å². The molecular formula is C19H32N4O. The van der Waals surface area contributed by atoms with E-state index in [1.165, 1.54) is 6.42 Å². The molecule has 0 spiro atoms. The standard InChI is InChI=1S/C19H32N4O/c1-16(2)21-13-7-17(8-14-21)19(24)23-12-4-3-6-18(23)9-15-22-11-5-10-20-22/h5,10-11,16-18H,3-4,6-9,12-15H2,1-2H3. The lowest BCUT2D eigenvalue weighted by Gasteiger charge is -2.40. The Labute approximate surface area is 146 Å². The van der Waals surface area contributed by atoms with Gasteiger partial charge in [-0.25, -0.2) is 0 Å². The van der Waals surface area contributed by atoms with Crippen molar-refractivity contribution in [3.63, 3.8) is 0 Å². The van der Waals surface area contributed by atoms with E-state index in [-0.39, 0.29) is 5.92 Å². The van der Waals surface area contributed by atoms with E-state index in [2.05, 4.69) is 28.7 Å². The molecule has 2 fully saturated rings. The highest BCUT2D eigenvalue weighted by Gasteiger charge is 2.33. The van der Waals surface area contributed by atoms with Crippen LogP contribution in [0.25, 0.3) is 0 Å². The second-order valence-corrected chi connectivity index (χ2v) is 7.64. The highest BCUT2D eigenvalue weighted by molar-refractivity contribution is 5.79. The summed E-state index contributed by atoms with van der Waals surface area (Å²) in [6.07, 6.45) is 10.5. The van der Waals surface area contributed by atoms with Gasteiger partial charge >= 0.3 is 0 Å². The highest BCUT2D eigenvalue weighted by Crippen LogP contribution is 2.27. The van der Waals surface area contributed by atoms with Crippen LogP contribution in [-0.2, 0) is 11.3 Å². The fourth-order valence-electron chi connectivity index (χ4n) is 4.20. The van der Waals surface area contributed by atoms with Gasteiger partial charge in [0.1, 0.15) is 0 Å². The molecule has 0 aromatic carbocycles. The third-order valence-electron chi connectivity index (χ3n) is 5.77. The summed E-state index contributed by atoms with van der Waals surface area (Å²) in [5, 5.41) is 4.29. The zero-order valence-corrected chi connectivity index (χ0v) is 15.2. The Kier molecular flexibility index (Phi) is 5.93. The third-order valence-corrected chi connectivity index (χ3v) is 5.77. The first kappa shape index (κ1) is 17.5. The van der Waals surface area contributed by atoms with E-state index in [0.29, 0.717) is 18.0 Å². The number of hydrogen-bond donors (Lipinski definition) is 0. The minimum Gasteiger partial charge on any atom is -0.339 e. The molecule has 1 atom stereocenters. The molecule has 0 aliphatic carbocycles. The normalized spacial score (nSPS) is 23.8. The van der Waals surface area contributed by atoms with Crippen LogP contribution in [0.5, 0.6) is 0 Å². The Hall–Kier alpha value is -1.36. The van der Waals surface area contributed by atoms with Crippen LogP contribution in [0.3, 0.4) is 0 Å². The molecule has 1 unspecified atom stereocenters. The van der Waals surface area contributed by atoms with E-state index in [9.17, 15) is 4.79 Å². The zero-order valence-electron chi connectivity index (χ0n) is 15.2. The monoisotopic (exact) mass is 332 g/mol. The minimum absolute atomic E-state index is 0.241. The quantitative estimate of drug-likeness (QED) is 0.832. The van der Waals surface area contributed by atoms with Gasteiger partial charge in [0, 0.05) is 43.5 Å². The average molecular weight is 332 g/mol. The first-order valence-electron chi connectivity index (χ1n) is 9.67. The topological polar surface area (TPSA) is 41.4 Å². The van der Waals surface area contributed by atoms with Crippen molar-refractivity contribution in [1.29, 1.82) is 0 Å². The summed E-state index contributed by atoms with van der Waals surface area (Å²) in [5.74, 6) is 0.661. The number of nitrogens with zero attached hydrogens (tertiary/aromatic N) is 4. The molecule has 3 heterocycles. The largest absolute Gasteiger partial charge is 0.339 e. The number of rotatable bonds is 5. The number of hydrogen-bond acceptors (Lipinski definition) is 3. The Morgan fingerprint density at radius 2 is 1.96 bits per heavy atom. The van der Waals surface area contributed by atoms with Crippen LogP contribution in [0.2, 0.25) is 0 Å². The minimum atomic E-state index is 0.241. The summed E-state index contributed by atoms with van der Waals surface area (Å²) in [4.78, 5) is 17.8. The predicted molar refractivity (Wildman–Crippen MR) is 95.6 cm³/mol. The van der Waals surface area contributed by atoms with E-state index >= 15 is 0 Å².